The van der Waals surface area contributed by atoms with E-state index in [2.05, 4.69) is 39.6 Å². The summed E-state index contributed by atoms with van der Waals surface area (Å²) in [7, 11) is 0. The number of hydrogen-bond acceptors (Lipinski definition) is 10. The molecule has 0 aromatic heterocycles. The summed E-state index contributed by atoms with van der Waals surface area (Å²) in [5.74, 6) is -0.309. The van der Waals surface area contributed by atoms with Gasteiger partial charge in [0.1, 0.15) is 23.9 Å². The number of nitrogens with zero attached hydrogens (tertiary/aromatic N) is 5. The van der Waals surface area contributed by atoms with Gasteiger partial charge in [0, 0.05) is 55.2 Å². The molecule has 0 bridgehead atoms. The summed E-state index contributed by atoms with van der Waals surface area (Å²) >= 11 is 5.77. The van der Waals surface area contributed by atoms with Crippen LogP contribution in [0.3, 0.4) is 0 Å². The molecule has 3 N–H and O–H groups in total. The van der Waals surface area contributed by atoms with Crippen LogP contribution in [-0.2, 0) is 25.4 Å². The number of nitrogens with one attached hydrogen (secondary N) is 3. The average Bonchev–Trinajstić information content (AvgIpc) is 4.01. The Morgan fingerprint density at radius 1 is 0.983 bits per heavy atom. The Morgan fingerprint density at radius 3 is 2.35 bits per heavy atom. The first-order valence-electron chi connectivity index (χ1n) is 20.0. The van der Waals surface area contributed by atoms with Gasteiger partial charge in [0.25, 0.3) is 5.91 Å². The minimum absolute atomic E-state index is 0.0339. The number of thiocarbonyl (C=S) groups is 1. The molecule has 4 fully saturated rings. The smallest absolute Gasteiger partial charge is 0.417 e. The van der Waals surface area contributed by atoms with Crippen LogP contribution in [-0.4, -0.2) is 95.0 Å². The molecule has 3 heterocycles. The summed E-state index contributed by atoms with van der Waals surface area (Å²) in [6.45, 7) is 10.3. The van der Waals surface area contributed by atoms with E-state index in [4.69, 9.17) is 17.0 Å². The van der Waals surface area contributed by atoms with Gasteiger partial charge in [0.2, 0.25) is 17.7 Å². The molecule has 0 radical (unpaired) electrons. The highest BCUT2D eigenvalue weighted by Gasteiger charge is 2.51. The number of rotatable bonds is 12. The molecular formula is C43H47F3N8O5S. The highest BCUT2D eigenvalue weighted by atomic mass is 32.1. The second kappa shape index (κ2) is 16.8. The number of amides is 4. The SMILES string of the molecule is C[C@@H]1CN(CCOc2ccc(N3C(=S)N(c4ccc(C#N)c(C(F)(F)F)c4)C(=O)C3(C)C)cc2C2CC2)C[C@H](C)N1CC(=O)Nc1cccc(NC2CCC(=O)NC2=O)c1. The fraction of sp³-hybridized carbons (Fsp3) is 0.442. The topological polar surface area (TPSA) is 150 Å². The van der Waals surface area contributed by atoms with Crippen molar-refractivity contribution in [3.8, 4) is 11.8 Å². The minimum atomic E-state index is -4.80. The first-order chi connectivity index (χ1) is 28.4. The molecule has 3 saturated heterocycles. The van der Waals surface area contributed by atoms with E-state index in [1.807, 2.05) is 18.2 Å². The third kappa shape index (κ3) is 8.96. The molecule has 3 aromatic carbocycles. The Morgan fingerprint density at radius 2 is 1.68 bits per heavy atom. The first-order valence-corrected chi connectivity index (χ1v) is 20.4. The summed E-state index contributed by atoms with van der Waals surface area (Å²) in [5, 5.41) is 17.8. The molecule has 4 amide bonds. The lowest BCUT2D eigenvalue weighted by Crippen LogP contribution is -2.58. The van der Waals surface area contributed by atoms with E-state index < -0.39 is 34.8 Å². The van der Waals surface area contributed by atoms with Crippen LogP contribution in [0, 0.1) is 11.3 Å². The third-order valence-electron chi connectivity index (χ3n) is 11.5. The van der Waals surface area contributed by atoms with Crippen LogP contribution in [0.15, 0.2) is 60.7 Å². The summed E-state index contributed by atoms with van der Waals surface area (Å²) in [6.07, 6.45) is -2.19. The van der Waals surface area contributed by atoms with Crippen molar-refractivity contribution in [1.82, 2.24) is 15.1 Å². The quantitative estimate of drug-likeness (QED) is 0.146. The van der Waals surface area contributed by atoms with Crippen molar-refractivity contribution in [2.45, 2.75) is 89.1 Å². The molecule has 1 saturated carbocycles. The molecule has 60 heavy (non-hydrogen) atoms. The first kappa shape index (κ1) is 42.6. The molecule has 316 valence electrons. The monoisotopic (exact) mass is 844 g/mol. The van der Waals surface area contributed by atoms with Gasteiger partial charge in [0.15, 0.2) is 5.11 Å². The fourth-order valence-electron chi connectivity index (χ4n) is 8.31. The van der Waals surface area contributed by atoms with Crippen LogP contribution in [0.2, 0.25) is 0 Å². The number of carbonyl (C=O) groups excluding carboxylic acids is 4. The Balaban J connectivity index is 0.946. The number of anilines is 4. The van der Waals surface area contributed by atoms with E-state index in [-0.39, 0.29) is 59.5 Å². The van der Waals surface area contributed by atoms with Crippen LogP contribution < -0.4 is 30.5 Å². The lowest BCUT2D eigenvalue weighted by atomic mass is 10.0. The normalized spacial score (nSPS) is 22.4. The molecule has 13 nitrogen and oxygen atoms in total. The zero-order valence-electron chi connectivity index (χ0n) is 33.8. The van der Waals surface area contributed by atoms with Gasteiger partial charge in [-0.3, -0.25) is 39.2 Å². The Kier molecular flexibility index (Phi) is 11.9. The van der Waals surface area contributed by atoms with Gasteiger partial charge in [-0.2, -0.15) is 18.4 Å². The van der Waals surface area contributed by atoms with Gasteiger partial charge < -0.3 is 20.3 Å². The second-order valence-corrected chi connectivity index (χ2v) is 16.8. The van der Waals surface area contributed by atoms with E-state index in [0.717, 1.165) is 54.3 Å². The maximum atomic E-state index is 13.8. The molecule has 4 aliphatic rings. The van der Waals surface area contributed by atoms with Gasteiger partial charge in [0.05, 0.1) is 29.4 Å². The van der Waals surface area contributed by atoms with Crippen LogP contribution in [0.25, 0.3) is 0 Å². The molecule has 7 rings (SSSR count). The van der Waals surface area contributed by atoms with Crippen molar-refractivity contribution in [1.29, 1.82) is 5.26 Å². The largest absolute Gasteiger partial charge is 0.492 e. The Hall–Kier alpha value is -5.57. The van der Waals surface area contributed by atoms with Crippen molar-refractivity contribution < 1.29 is 37.1 Å². The van der Waals surface area contributed by atoms with Gasteiger partial charge in [-0.05, 0) is 125 Å². The maximum Gasteiger partial charge on any atom is 0.417 e. The standard InChI is InChI=1S/C43H47F3N8O5S/c1-25-22-51(23-26(2)52(25)24-38(56)49-30-7-5-6-29(18-30)48-35-13-15-37(55)50-39(35)57)16-17-59-36-14-12-32(19-33(36)27-8-9-27)54-41(60)53(40(58)42(54,3)4)31-11-10-28(21-47)34(20-31)43(44,45)46/h5-7,10-12,14,18-20,25-27,35,48H,8-9,13,15-17,22-24H2,1-4H3,(H,49,56)(H,50,55,57)/t25-,26+,35?. The van der Waals surface area contributed by atoms with Crippen LogP contribution in [0.1, 0.15) is 76.0 Å². The zero-order chi connectivity index (χ0) is 43.1. The van der Waals surface area contributed by atoms with E-state index in [1.54, 1.807) is 49.1 Å². The molecule has 1 unspecified atom stereocenters. The van der Waals surface area contributed by atoms with E-state index in [0.29, 0.717) is 36.6 Å². The number of carbonyl (C=O) groups is 4. The number of halogens is 3. The summed E-state index contributed by atoms with van der Waals surface area (Å²) in [6, 6.07) is 17.1. The van der Waals surface area contributed by atoms with Gasteiger partial charge in [-0.15, -0.1) is 0 Å². The summed E-state index contributed by atoms with van der Waals surface area (Å²) in [4.78, 5) is 57.9. The fourth-order valence-corrected chi connectivity index (χ4v) is 8.83. The number of benzene rings is 3. The van der Waals surface area contributed by atoms with Crippen molar-refractivity contribution in [3.05, 3.63) is 77.4 Å². The van der Waals surface area contributed by atoms with Crippen molar-refractivity contribution in [2.24, 2.45) is 0 Å². The van der Waals surface area contributed by atoms with Crippen LogP contribution >= 0.6 is 12.2 Å². The average molecular weight is 845 g/mol. The van der Waals surface area contributed by atoms with Gasteiger partial charge in [-0.1, -0.05) is 6.07 Å². The van der Waals surface area contributed by atoms with Crippen LogP contribution in [0.4, 0.5) is 35.9 Å². The second-order valence-electron chi connectivity index (χ2n) is 16.4. The number of ether oxygens (including phenoxy) is 1. The van der Waals surface area contributed by atoms with Crippen molar-refractivity contribution >= 4 is 63.7 Å². The number of piperidine rings is 1. The third-order valence-corrected chi connectivity index (χ3v) is 11.9. The molecule has 1 aliphatic carbocycles. The zero-order valence-corrected chi connectivity index (χ0v) is 34.6. The number of imide groups is 1. The van der Waals surface area contributed by atoms with Crippen LogP contribution in [0.5, 0.6) is 5.75 Å². The summed E-state index contributed by atoms with van der Waals surface area (Å²) in [5.41, 5.74) is -0.0970. The lowest BCUT2D eigenvalue weighted by Gasteiger charge is -2.44. The predicted octanol–water partition coefficient (Wildman–Crippen LogP) is 6.00. The summed E-state index contributed by atoms with van der Waals surface area (Å²) < 4.78 is 47.9. The highest BCUT2D eigenvalue weighted by molar-refractivity contribution is 7.81. The van der Waals surface area contributed by atoms with Gasteiger partial charge >= 0.3 is 6.18 Å². The molecular weight excluding hydrogens is 798 g/mol. The molecule has 3 atom stereocenters. The molecule has 3 aromatic rings. The predicted molar refractivity (Wildman–Crippen MR) is 224 cm³/mol. The Bertz CT molecular complexity index is 2250. The molecule has 3 aliphatic heterocycles. The Labute approximate surface area is 351 Å². The number of piperazine rings is 1. The van der Waals surface area contributed by atoms with Gasteiger partial charge in [-0.25, -0.2) is 0 Å². The van der Waals surface area contributed by atoms with E-state index >= 15 is 0 Å². The number of hydrogen-bond donors (Lipinski definition) is 3. The number of nitriles is 1. The minimum Gasteiger partial charge on any atom is -0.492 e. The molecule has 0 spiro atoms. The van der Waals surface area contributed by atoms with Crippen molar-refractivity contribution in [3.63, 3.8) is 0 Å². The van der Waals surface area contributed by atoms with Crippen molar-refractivity contribution in [2.75, 3.05) is 53.2 Å². The molecule has 17 heteroatoms. The van der Waals surface area contributed by atoms with E-state index in [1.165, 1.54) is 6.07 Å². The lowest BCUT2D eigenvalue weighted by molar-refractivity contribution is -0.138. The highest BCUT2D eigenvalue weighted by Crippen LogP contribution is 2.47. The van der Waals surface area contributed by atoms with E-state index in [9.17, 15) is 37.6 Å². The maximum absolute atomic E-state index is 13.8. The number of alkyl halides is 3.